The highest BCUT2D eigenvalue weighted by Crippen LogP contribution is 2.34. The van der Waals surface area contributed by atoms with Crippen LogP contribution in [0.4, 0.5) is 0 Å². The fourth-order valence-electron chi connectivity index (χ4n) is 2.78. The van der Waals surface area contributed by atoms with E-state index >= 15 is 0 Å². The summed E-state index contributed by atoms with van der Waals surface area (Å²) in [6.45, 7) is 9.61. The van der Waals surface area contributed by atoms with Gasteiger partial charge in [0, 0.05) is 24.1 Å². The molecule has 0 fully saturated rings. The van der Waals surface area contributed by atoms with Crippen LogP contribution in [-0.4, -0.2) is 38.2 Å². The van der Waals surface area contributed by atoms with Crippen LogP contribution in [0.1, 0.15) is 25.0 Å². The van der Waals surface area contributed by atoms with Crippen LogP contribution < -0.4 is 14.8 Å². The Kier molecular flexibility index (Phi) is 9.89. The van der Waals surface area contributed by atoms with Gasteiger partial charge in [0.05, 0.1) is 17.2 Å². The fourth-order valence-corrected chi connectivity index (χ4v) is 3.56. The third-order valence-corrected chi connectivity index (χ3v) is 6.00. The molecular formula is C21H27BrCl2N2O2. The van der Waals surface area contributed by atoms with Crippen molar-refractivity contribution < 1.29 is 9.47 Å². The first-order chi connectivity index (χ1) is 13.5. The maximum atomic E-state index is 6.07. The minimum atomic E-state index is 0.376. The van der Waals surface area contributed by atoms with E-state index in [1.54, 1.807) is 19.2 Å². The van der Waals surface area contributed by atoms with Gasteiger partial charge in [-0.3, -0.25) is 0 Å². The van der Waals surface area contributed by atoms with Crippen LogP contribution in [0, 0.1) is 0 Å². The number of benzene rings is 2. The average Bonchev–Trinajstić information content (AvgIpc) is 2.70. The third kappa shape index (κ3) is 6.82. The van der Waals surface area contributed by atoms with Gasteiger partial charge in [-0.15, -0.1) is 0 Å². The predicted octanol–water partition coefficient (Wildman–Crippen LogP) is 5.77. The van der Waals surface area contributed by atoms with Crippen LogP contribution >= 0.6 is 39.1 Å². The van der Waals surface area contributed by atoms with Gasteiger partial charge in [-0.05, 0) is 48.5 Å². The van der Waals surface area contributed by atoms with Gasteiger partial charge in [-0.2, -0.15) is 0 Å². The Hall–Kier alpha value is -0.980. The lowest BCUT2D eigenvalue weighted by atomic mass is 10.2. The van der Waals surface area contributed by atoms with Crippen LogP contribution in [-0.2, 0) is 13.2 Å². The van der Waals surface area contributed by atoms with E-state index in [0.29, 0.717) is 28.2 Å². The molecular weight excluding hydrogens is 463 g/mol. The van der Waals surface area contributed by atoms with Crippen molar-refractivity contribution in [1.29, 1.82) is 0 Å². The van der Waals surface area contributed by atoms with Crippen molar-refractivity contribution in [3.63, 3.8) is 0 Å². The lowest BCUT2D eigenvalue weighted by Crippen LogP contribution is -2.31. The monoisotopic (exact) mass is 488 g/mol. The second kappa shape index (κ2) is 11.9. The summed E-state index contributed by atoms with van der Waals surface area (Å²) < 4.78 is 12.4. The maximum absolute atomic E-state index is 6.07. The maximum Gasteiger partial charge on any atom is 0.162 e. The van der Waals surface area contributed by atoms with E-state index in [1.807, 2.05) is 18.2 Å². The molecule has 0 radical (unpaired) electrons. The summed E-state index contributed by atoms with van der Waals surface area (Å²) in [5, 5.41) is 4.53. The minimum Gasteiger partial charge on any atom is -0.493 e. The number of rotatable bonds is 11. The standard InChI is InChI=1S/C21H27BrCl2N2O2/c1-4-26(5-2)9-8-25-13-16-11-20(27-3)21(12-17(16)22)28-14-15-6-7-18(23)19(24)10-15/h6-7,10-12,25H,4-5,8-9,13-14H2,1-3H3. The quantitative estimate of drug-likeness (QED) is 0.406. The minimum absolute atomic E-state index is 0.376. The molecule has 154 valence electrons. The molecule has 0 heterocycles. The van der Waals surface area contributed by atoms with Crippen molar-refractivity contribution >= 4 is 39.1 Å². The number of hydrogen-bond donors (Lipinski definition) is 1. The van der Waals surface area contributed by atoms with Gasteiger partial charge in [0.1, 0.15) is 6.61 Å². The highest BCUT2D eigenvalue weighted by Gasteiger charge is 2.11. The number of hydrogen-bond acceptors (Lipinski definition) is 4. The summed E-state index contributed by atoms with van der Waals surface area (Å²) in [4.78, 5) is 2.39. The summed E-state index contributed by atoms with van der Waals surface area (Å²) in [6.07, 6.45) is 0. The number of nitrogens with zero attached hydrogens (tertiary/aromatic N) is 1. The lowest BCUT2D eigenvalue weighted by Gasteiger charge is -2.18. The van der Waals surface area contributed by atoms with Crippen molar-refractivity contribution in [1.82, 2.24) is 10.2 Å². The molecule has 0 amide bonds. The second-order valence-corrected chi connectivity index (χ2v) is 8.00. The number of likely N-dealkylation sites (N-methyl/N-ethyl adjacent to an activating group) is 1. The van der Waals surface area contributed by atoms with Gasteiger partial charge in [0.25, 0.3) is 0 Å². The Morgan fingerprint density at radius 3 is 2.43 bits per heavy atom. The Morgan fingerprint density at radius 1 is 1.04 bits per heavy atom. The molecule has 0 atom stereocenters. The normalized spacial score (nSPS) is 11.1. The van der Waals surface area contributed by atoms with Gasteiger partial charge in [-0.1, -0.05) is 59.0 Å². The molecule has 2 rings (SSSR count). The third-order valence-electron chi connectivity index (χ3n) is 4.53. The first-order valence-corrected chi connectivity index (χ1v) is 10.9. The average molecular weight is 490 g/mol. The molecule has 0 spiro atoms. The van der Waals surface area contributed by atoms with Crippen molar-refractivity contribution in [2.75, 3.05) is 33.3 Å². The second-order valence-electron chi connectivity index (χ2n) is 6.34. The van der Waals surface area contributed by atoms with Crippen molar-refractivity contribution in [3.8, 4) is 11.5 Å². The molecule has 0 saturated heterocycles. The molecule has 0 saturated carbocycles. The highest BCUT2D eigenvalue weighted by molar-refractivity contribution is 9.10. The zero-order valence-electron chi connectivity index (χ0n) is 16.5. The van der Waals surface area contributed by atoms with Crippen molar-refractivity contribution in [2.45, 2.75) is 27.0 Å². The van der Waals surface area contributed by atoms with E-state index in [0.717, 1.165) is 48.3 Å². The van der Waals surface area contributed by atoms with E-state index in [9.17, 15) is 0 Å². The molecule has 4 nitrogen and oxygen atoms in total. The summed E-state index contributed by atoms with van der Waals surface area (Å²) in [6, 6.07) is 9.41. The van der Waals surface area contributed by atoms with E-state index in [1.165, 1.54) is 0 Å². The highest BCUT2D eigenvalue weighted by atomic mass is 79.9. The van der Waals surface area contributed by atoms with Gasteiger partial charge in [0.15, 0.2) is 11.5 Å². The van der Waals surface area contributed by atoms with Crippen LogP contribution in [0.15, 0.2) is 34.8 Å². The molecule has 0 bridgehead atoms. The number of methoxy groups -OCH3 is 1. The number of nitrogens with one attached hydrogen (secondary N) is 1. The summed E-state index contributed by atoms with van der Waals surface area (Å²) in [7, 11) is 1.65. The van der Waals surface area contributed by atoms with Crippen molar-refractivity contribution in [2.24, 2.45) is 0 Å². The molecule has 0 aliphatic carbocycles. The SMILES string of the molecule is CCN(CC)CCNCc1cc(OC)c(OCc2ccc(Cl)c(Cl)c2)cc1Br. The molecule has 0 aliphatic heterocycles. The Bertz CT molecular complexity index is 770. The molecule has 28 heavy (non-hydrogen) atoms. The van der Waals surface area contributed by atoms with Gasteiger partial charge in [0.2, 0.25) is 0 Å². The van der Waals surface area contributed by atoms with Crippen LogP contribution in [0.3, 0.4) is 0 Å². The molecule has 1 N–H and O–H groups in total. The van der Waals surface area contributed by atoms with E-state index < -0.39 is 0 Å². The van der Waals surface area contributed by atoms with Gasteiger partial charge in [-0.25, -0.2) is 0 Å². The van der Waals surface area contributed by atoms with Crippen LogP contribution in [0.25, 0.3) is 0 Å². The largest absolute Gasteiger partial charge is 0.493 e. The molecule has 7 heteroatoms. The Morgan fingerprint density at radius 2 is 1.79 bits per heavy atom. The summed E-state index contributed by atoms with van der Waals surface area (Å²) >= 11 is 15.7. The zero-order valence-corrected chi connectivity index (χ0v) is 19.6. The lowest BCUT2D eigenvalue weighted by molar-refractivity contribution is 0.284. The number of ether oxygens (including phenoxy) is 2. The molecule has 0 unspecified atom stereocenters. The van der Waals surface area contributed by atoms with Crippen molar-refractivity contribution in [3.05, 3.63) is 56.0 Å². The molecule has 2 aromatic carbocycles. The zero-order chi connectivity index (χ0) is 20.5. The topological polar surface area (TPSA) is 33.7 Å². The predicted molar refractivity (Wildman–Crippen MR) is 121 cm³/mol. The first-order valence-electron chi connectivity index (χ1n) is 9.34. The van der Waals surface area contributed by atoms with Gasteiger partial charge < -0.3 is 19.7 Å². The molecule has 0 aliphatic rings. The smallest absolute Gasteiger partial charge is 0.162 e. The number of halogens is 3. The first kappa shape index (κ1) is 23.3. The Balaban J connectivity index is 1.98. The Labute approximate surface area is 186 Å². The summed E-state index contributed by atoms with van der Waals surface area (Å²) in [5.41, 5.74) is 2.06. The summed E-state index contributed by atoms with van der Waals surface area (Å²) in [5.74, 6) is 1.37. The van der Waals surface area contributed by atoms with Gasteiger partial charge >= 0.3 is 0 Å². The van der Waals surface area contributed by atoms with E-state index in [2.05, 4.69) is 40.0 Å². The van der Waals surface area contributed by atoms with Crippen LogP contribution in [0.5, 0.6) is 11.5 Å². The molecule has 2 aromatic rings. The molecule has 0 aromatic heterocycles. The van der Waals surface area contributed by atoms with E-state index in [-0.39, 0.29) is 0 Å². The van der Waals surface area contributed by atoms with Crippen LogP contribution in [0.2, 0.25) is 10.0 Å². The fraction of sp³-hybridized carbons (Fsp3) is 0.429. The van der Waals surface area contributed by atoms with E-state index in [4.69, 9.17) is 32.7 Å².